The molecule has 2 atom stereocenters. The second-order valence-corrected chi connectivity index (χ2v) is 5.24. The minimum Gasteiger partial charge on any atom is -0.476 e. The van der Waals surface area contributed by atoms with Crippen molar-refractivity contribution in [2.75, 3.05) is 0 Å². The van der Waals surface area contributed by atoms with E-state index in [1.54, 1.807) is 6.92 Å². The fraction of sp³-hybridized carbons (Fsp3) is 0.583. The number of aromatic carboxylic acids is 1. The average Bonchev–Trinajstić information content (AvgIpc) is 2.85. The van der Waals surface area contributed by atoms with Crippen LogP contribution in [0, 0.1) is 0 Å². The molecule has 6 nitrogen and oxygen atoms in total. The van der Waals surface area contributed by atoms with E-state index in [1.165, 1.54) is 16.7 Å². The Hall–Kier alpha value is -1.47. The lowest BCUT2D eigenvalue weighted by atomic mass is 10.1. The number of unbranched alkanes of at least 4 members (excludes halogenated alkanes) is 1. The van der Waals surface area contributed by atoms with Gasteiger partial charge in [0.05, 0.1) is 12.1 Å². The van der Waals surface area contributed by atoms with Gasteiger partial charge in [-0.15, -0.1) is 11.3 Å². The van der Waals surface area contributed by atoms with Crippen LogP contribution in [-0.4, -0.2) is 28.0 Å². The predicted molar refractivity (Wildman–Crippen MR) is 73.1 cm³/mol. The highest BCUT2D eigenvalue weighted by Gasteiger charge is 2.19. The van der Waals surface area contributed by atoms with Crippen LogP contribution in [0.1, 0.15) is 54.6 Å². The summed E-state index contributed by atoms with van der Waals surface area (Å²) in [6, 6.07) is -0.861. The third kappa shape index (κ3) is 4.60. The molecule has 1 aromatic rings. The van der Waals surface area contributed by atoms with Gasteiger partial charge in [0.15, 0.2) is 5.69 Å². The number of thiazole rings is 1. The third-order valence-electron chi connectivity index (χ3n) is 2.68. The SMILES string of the molecule is CCCC[C@H](N)C(=O)NC(C)c1nc(C(=O)O)cs1. The van der Waals surface area contributed by atoms with Gasteiger partial charge in [0.25, 0.3) is 0 Å². The fourth-order valence-corrected chi connectivity index (χ4v) is 2.32. The van der Waals surface area contributed by atoms with Crippen molar-refractivity contribution >= 4 is 23.2 Å². The quantitative estimate of drug-likeness (QED) is 0.704. The normalized spacial score (nSPS) is 13.8. The summed E-state index contributed by atoms with van der Waals surface area (Å²) in [5.74, 6) is -1.30. The second kappa shape index (κ2) is 7.20. The molecular formula is C12H19N3O3S. The molecule has 0 saturated carbocycles. The zero-order valence-corrected chi connectivity index (χ0v) is 11.9. The molecule has 0 aliphatic carbocycles. The van der Waals surface area contributed by atoms with E-state index < -0.39 is 12.0 Å². The van der Waals surface area contributed by atoms with Gasteiger partial charge in [-0.2, -0.15) is 0 Å². The molecular weight excluding hydrogens is 266 g/mol. The van der Waals surface area contributed by atoms with E-state index >= 15 is 0 Å². The molecule has 1 amide bonds. The van der Waals surface area contributed by atoms with E-state index in [2.05, 4.69) is 10.3 Å². The van der Waals surface area contributed by atoms with Gasteiger partial charge >= 0.3 is 5.97 Å². The van der Waals surface area contributed by atoms with E-state index in [-0.39, 0.29) is 17.6 Å². The molecule has 0 saturated heterocycles. The minimum atomic E-state index is -1.07. The van der Waals surface area contributed by atoms with Gasteiger partial charge in [-0.05, 0) is 13.3 Å². The summed E-state index contributed by atoms with van der Waals surface area (Å²) in [5.41, 5.74) is 5.76. The molecule has 4 N–H and O–H groups in total. The Kier molecular flexibility index (Phi) is 5.91. The van der Waals surface area contributed by atoms with Crippen LogP contribution in [0.5, 0.6) is 0 Å². The molecule has 0 aromatic carbocycles. The van der Waals surface area contributed by atoms with Crippen molar-refractivity contribution in [3.05, 3.63) is 16.1 Å². The van der Waals surface area contributed by atoms with Gasteiger partial charge in [-0.3, -0.25) is 4.79 Å². The van der Waals surface area contributed by atoms with Crippen LogP contribution in [0.3, 0.4) is 0 Å². The summed E-state index contributed by atoms with van der Waals surface area (Å²) in [5, 5.41) is 13.6. The number of carboxylic acids is 1. The molecule has 0 fully saturated rings. The van der Waals surface area contributed by atoms with Crippen molar-refractivity contribution in [3.63, 3.8) is 0 Å². The van der Waals surface area contributed by atoms with Gasteiger partial charge < -0.3 is 16.2 Å². The molecule has 0 radical (unpaired) electrons. The first-order valence-corrected chi connectivity index (χ1v) is 7.08. The Balaban J connectivity index is 2.55. The van der Waals surface area contributed by atoms with Crippen LogP contribution >= 0.6 is 11.3 Å². The molecule has 7 heteroatoms. The van der Waals surface area contributed by atoms with Crippen molar-refractivity contribution in [1.82, 2.24) is 10.3 Å². The molecule has 1 heterocycles. The van der Waals surface area contributed by atoms with E-state index in [4.69, 9.17) is 10.8 Å². The van der Waals surface area contributed by atoms with Crippen LogP contribution in [0.15, 0.2) is 5.38 Å². The standard InChI is InChI=1S/C12H19N3O3S/c1-3-4-5-8(13)10(16)14-7(2)11-15-9(6-19-11)12(17)18/h6-8H,3-5,13H2,1-2H3,(H,14,16)(H,17,18)/t7?,8-/m0/s1. The predicted octanol–water partition coefficient (Wildman–Crippen LogP) is 1.54. The Bertz CT molecular complexity index is 447. The molecule has 0 bridgehead atoms. The fourth-order valence-electron chi connectivity index (χ4n) is 1.52. The molecule has 0 aliphatic heterocycles. The molecule has 0 aliphatic rings. The van der Waals surface area contributed by atoms with Crippen LogP contribution in [0.2, 0.25) is 0 Å². The number of amides is 1. The van der Waals surface area contributed by atoms with Crippen molar-refractivity contribution in [2.24, 2.45) is 5.73 Å². The number of nitrogens with one attached hydrogen (secondary N) is 1. The monoisotopic (exact) mass is 285 g/mol. The van der Waals surface area contributed by atoms with Crippen LogP contribution < -0.4 is 11.1 Å². The first-order chi connectivity index (χ1) is 8.95. The lowest BCUT2D eigenvalue weighted by Crippen LogP contribution is -2.41. The number of aromatic nitrogens is 1. The number of hydrogen-bond acceptors (Lipinski definition) is 5. The largest absolute Gasteiger partial charge is 0.476 e. The number of nitrogens with two attached hydrogens (primary N) is 1. The van der Waals surface area contributed by atoms with E-state index in [0.717, 1.165) is 12.8 Å². The Morgan fingerprint density at radius 1 is 1.58 bits per heavy atom. The van der Waals surface area contributed by atoms with Crippen molar-refractivity contribution in [3.8, 4) is 0 Å². The topological polar surface area (TPSA) is 105 Å². The smallest absolute Gasteiger partial charge is 0.355 e. The molecule has 1 unspecified atom stereocenters. The first kappa shape index (κ1) is 15.6. The zero-order valence-electron chi connectivity index (χ0n) is 11.0. The maximum atomic E-state index is 11.8. The lowest BCUT2D eigenvalue weighted by molar-refractivity contribution is -0.123. The number of hydrogen-bond donors (Lipinski definition) is 3. The van der Waals surface area contributed by atoms with Gasteiger partial charge in [-0.1, -0.05) is 19.8 Å². The summed E-state index contributed by atoms with van der Waals surface area (Å²) in [7, 11) is 0. The van der Waals surface area contributed by atoms with Gasteiger partial charge in [0, 0.05) is 5.38 Å². The molecule has 0 spiro atoms. The van der Waals surface area contributed by atoms with Crippen LogP contribution in [0.25, 0.3) is 0 Å². The number of nitrogens with zero attached hydrogens (tertiary/aromatic N) is 1. The summed E-state index contributed by atoms with van der Waals surface area (Å²) in [4.78, 5) is 26.5. The maximum Gasteiger partial charge on any atom is 0.355 e. The van der Waals surface area contributed by atoms with Crippen molar-refractivity contribution in [2.45, 2.75) is 45.2 Å². The maximum absolute atomic E-state index is 11.8. The molecule has 1 aromatic heterocycles. The van der Waals surface area contributed by atoms with Gasteiger partial charge in [0.1, 0.15) is 5.01 Å². The van der Waals surface area contributed by atoms with E-state index in [0.29, 0.717) is 11.4 Å². The minimum absolute atomic E-state index is 0.00335. The molecule has 1 rings (SSSR count). The summed E-state index contributed by atoms with van der Waals surface area (Å²) < 4.78 is 0. The average molecular weight is 285 g/mol. The molecule has 106 valence electrons. The first-order valence-electron chi connectivity index (χ1n) is 6.20. The Morgan fingerprint density at radius 2 is 2.26 bits per heavy atom. The van der Waals surface area contributed by atoms with Gasteiger partial charge in [0.2, 0.25) is 5.91 Å². The number of carbonyl (C=O) groups excluding carboxylic acids is 1. The number of rotatable bonds is 7. The third-order valence-corrected chi connectivity index (χ3v) is 3.70. The van der Waals surface area contributed by atoms with Crippen LogP contribution in [-0.2, 0) is 4.79 Å². The summed E-state index contributed by atoms with van der Waals surface area (Å²) >= 11 is 1.21. The van der Waals surface area contributed by atoms with E-state index in [1.807, 2.05) is 6.92 Å². The second-order valence-electron chi connectivity index (χ2n) is 4.36. The summed E-state index contributed by atoms with van der Waals surface area (Å²) in [6.07, 6.45) is 2.54. The van der Waals surface area contributed by atoms with E-state index in [9.17, 15) is 9.59 Å². The summed E-state index contributed by atoms with van der Waals surface area (Å²) in [6.45, 7) is 3.80. The Labute approximate surface area is 116 Å². The van der Waals surface area contributed by atoms with Gasteiger partial charge in [-0.25, -0.2) is 9.78 Å². The number of carbonyl (C=O) groups is 2. The lowest BCUT2D eigenvalue weighted by Gasteiger charge is -2.15. The highest BCUT2D eigenvalue weighted by molar-refractivity contribution is 7.09. The highest BCUT2D eigenvalue weighted by Crippen LogP contribution is 2.18. The number of carboxylic acid groups (broad SMARTS) is 1. The Morgan fingerprint density at radius 3 is 2.79 bits per heavy atom. The molecule has 19 heavy (non-hydrogen) atoms. The van der Waals surface area contributed by atoms with Crippen LogP contribution in [0.4, 0.5) is 0 Å². The zero-order chi connectivity index (χ0) is 14.4. The highest BCUT2D eigenvalue weighted by atomic mass is 32.1. The van der Waals surface area contributed by atoms with Crippen molar-refractivity contribution in [1.29, 1.82) is 0 Å². The van der Waals surface area contributed by atoms with Crippen molar-refractivity contribution < 1.29 is 14.7 Å².